The van der Waals surface area contributed by atoms with E-state index in [0.717, 1.165) is 6.42 Å². The Balaban J connectivity index is 3.91. The van der Waals surface area contributed by atoms with Gasteiger partial charge in [0.05, 0.1) is 6.54 Å². The number of nitrogens with two attached hydrogens (primary N) is 1. The van der Waals surface area contributed by atoms with Crippen LogP contribution in [0.4, 0.5) is 9.59 Å². The maximum atomic E-state index is 11.4. The molecule has 1 unspecified atom stereocenters. The van der Waals surface area contributed by atoms with Crippen LogP contribution in [0.3, 0.4) is 0 Å². The van der Waals surface area contributed by atoms with Crippen LogP contribution < -0.4 is 16.4 Å². The van der Waals surface area contributed by atoms with Crippen LogP contribution >= 0.6 is 0 Å². The van der Waals surface area contributed by atoms with E-state index in [2.05, 4.69) is 15.4 Å². The monoisotopic (exact) mass is 289 g/mol. The van der Waals surface area contributed by atoms with Gasteiger partial charge in [0.1, 0.15) is 6.61 Å². The van der Waals surface area contributed by atoms with Crippen molar-refractivity contribution < 1.29 is 24.2 Å². The van der Waals surface area contributed by atoms with Gasteiger partial charge in [-0.1, -0.05) is 13.8 Å². The third-order valence-electron chi connectivity index (χ3n) is 2.45. The number of hydrogen-bond donors (Lipinski definition) is 4. The van der Waals surface area contributed by atoms with E-state index in [1.807, 2.05) is 13.8 Å². The minimum absolute atomic E-state index is 0.00664. The van der Waals surface area contributed by atoms with Crippen molar-refractivity contribution in [3.63, 3.8) is 0 Å². The van der Waals surface area contributed by atoms with Gasteiger partial charge < -0.3 is 26.2 Å². The van der Waals surface area contributed by atoms with Gasteiger partial charge in [-0.05, 0) is 18.3 Å². The summed E-state index contributed by atoms with van der Waals surface area (Å²) in [6.07, 6.45) is -0.161. The molecule has 116 valence electrons. The number of aliphatic carboxylic acids is 1. The Hall–Kier alpha value is -1.99. The Bertz CT molecular complexity index is 333. The average molecular weight is 289 g/mol. The number of amides is 3. The van der Waals surface area contributed by atoms with Gasteiger partial charge in [0.15, 0.2) is 0 Å². The molecule has 0 heterocycles. The second-order valence-electron chi connectivity index (χ2n) is 4.90. The number of urea groups is 1. The number of carbonyl (C=O) groups excluding carboxylic acids is 2. The SMILES string of the molecule is CC(C)CC(CNC(=O)NCCOC(N)=O)CC(=O)O. The normalized spacial score (nSPS) is 11.8. The van der Waals surface area contributed by atoms with Crippen LogP contribution in [0.25, 0.3) is 0 Å². The highest BCUT2D eigenvalue weighted by molar-refractivity contribution is 5.74. The summed E-state index contributed by atoms with van der Waals surface area (Å²) in [6, 6.07) is -0.433. The molecular formula is C12H23N3O5. The van der Waals surface area contributed by atoms with Gasteiger partial charge in [0.2, 0.25) is 0 Å². The number of rotatable bonds is 9. The van der Waals surface area contributed by atoms with Crippen molar-refractivity contribution >= 4 is 18.1 Å². The molecule has 0 aromatic carbocycles. The van der Waals surface area contributed by atoms with E-state index < -0.39 is 18.1 Å². The van der Waals surface area contributed by atoms with Crippen molar-refractivity contribution in [1.29, 1.82) is 0 Å². The molecular weight excluding hydrogens is 266 g/mol. The van der Waals surface area contributed by atoms with Gasteiger partial charge in [0.25, 0.3) is 0 Å². The predicted octanol–water partition coefficient (Wildman–Crippen LogP) is 0.518. The molecule has 0 rings (SSSR count). The first-order chi connectivity index (χ1) is 9.31. The van der Waals surface area contributed by atoms with E-state index in [0.29, 0.717) is 5.92 Å². The number of hydrogen-bond acceptors (Lipinski definition) is 4. The number of carbonyl (C=O) groups is 3. The molecule has 1 atom stereocenters. The highest BCUT2D eigenvalue weighted by atomic mass is 16.5. The lowest BCUT2D eigenvalue weighted by molar-refractivity contribution is -0.138. The molecule has 0 saturated heterocycles. The van der Waals surface area contributed by atoms with Crippen LogP contribution in [0.1, 0.15) is 26.7 Å². The van der Waals surface area contributed by atoms with E-state index in [1.54, 1.807) is 0 Å². The van der Waals surface area contributed by atoms with Gasteiger partial charge in [-0.2, -0.15) is 0 Å². The minimum atomic E-state index is -0.898. The molecule has 0 radical (unpaired) electrons. The molecule has 3 amide bonds. The molecule has 0 aliphatic carbocycles. The second kappa shape index (κ2) is 9.88. The van der Waals surface area contributed by atoms with E-state index in [1.165, 1.54) is 0 Å². The molecule has 0 saturated carbocycles. The van der Waals surface area contributed by atoms with E-state index in [4.69, 9.17) is 10.8 Å². The van der Waals surface area contributed by atoms with E-state index in [-0.39, 0.29) is 32.0 Å². The first-order valence-electron chi connectivity index (χ1n) is 6.47. The van der Waals surface area contributed by atoms with Crippen LogP contribution in [0.15, 0.2) is 0 Å². The van der Waals surface area contributed by atoms with Gasteiger partial charge >= 0.3 is 18.1 Å². The average Bonchev–Trinajstić information content (AvgIpc) is 2.30. The first kappa shape index (κ1) is 18.0. The van der Waals surface area contributed by atoms with Gasteiger partial charge in [-0.25, -0.2) is 9.59 Å². The summed E-state index contributed by atoms with van der Waals surface area (Å²) < 4.78 is 4.44. The van der Waals surface area contributed by atoms with Crippen molar-refractivity contribution in [2.75, 3.05) is 19.7 Å². The van der Waals surface area contributed by atoms with Crippen molar-refractivity contribution in [3.05, 3.63) is 0 Å². The van der Waals surface area contributed by atoms with Gasteiger partial charge in [0, 0.05) is 13.0 Å². The maximum absolute atomic E-state index is 11.4. The molecule has 8 nitrogen and oxygen atoms in total. The fourth-order valence-electron chi connectivity index (χ4n) is 1.77. The predicted molar refractivity (Wildman–Crippen MR) is 72.1 cm³/mol. The molecule has 0 aromatic heterocycles. The lowest BCUT2D eigenvalue weighted by Gasteiger charge is -2.18. The zero-order valence-electron chi connectivity index (χ0n) is 11.8. The Morgan fingerprint density at radius 3 is 2.40 bits per heavy atom. The van der Waals surface area contributed by atoms with Crippen LogP contribution in [0.5, 0.6) is 0 Å². The first-order valence-corrected chi connectivity index (χ1v) is 6.47. The molecule has 8 heteroatoms. The summed E-state index contributed by atoms with van der Waals surface area (Å²) in [6.45, 7) is 4.41. The lowest BCUT2D eigenvalue weighted by atomic mass is 9.94. The van der Waals surface area contributed by atoms with Gasteiger partial charge in [-0.15, -0.1) is 0 Å². The largest absolute Gasteiger partial charge is 0.481 e. The fraction of sp³-hybridized carbons (Fsp3) is 0.750. The molecule has 0 aliphatic heterocycles. The van der Waals surface area contributed by atoms with Crippen molar-refractivity contribution in [3.8, 4) is 0 Å². The number of ether oxygens (including phenoxy) is 1. The van der Waals surface area contributed by atoms with Crippen molar-refractivity contribution in [2.24, 2.45) is 17.6 Å². The molecule has 0 aromatic rings. The van der Waals surface area contributed by atoms with Crippen molar-refractivity contribution in [1.82, 2.24) is 10.6 Å². The zero-order chi connectivity index (χ0) is 15.5. The summed E-state index contributed by atoms with van der Waals surface area (Å²) in [5.41, 5.74) is 4.76. The molecule has 0 spiro atoms. The topological polar surface area (TPSA) is 131 Å². The Morgan fingerprint density at radius 1 is 1.25 bits per heavy atom. The smallest absolute Gasteiger partial charge is 0.404 e. The summed E-state index contributed by atoms with van der Waals surface area (Å²) in [5.74, 6) is -0.638. The Kier molecular flexibility index (Phi) is 8.89. The standard InChI is InChI=1S/C12H23N3O5/c1-8(2)5-9(6-10(16)17)7-15-12(19)14-3-4-20-11(13)18/h8-9H,3-7H2,1-2H3,(H2,13,18)(H,16,17)(H2,14,15,19). The molecule has 20 heavy (non-hydrogen) atoms. The number of nitrogens with one attached hydrogen (secondary N) is 2. The Labute approximate surface area is 118 Å². The van der Waals surface area contributed by atoms with Crippen LogP contribution in [0.2, 0.25) is 0 Å². The highest BCUT2D eigenvalue weighted by Gasteiger charge is 2.15. The summed E-state index contributed by atoms with van der Waals surface area (Å²) in [7, 11) is 0. The number of carboxylic acids is 1. The van der Waals surface area contributed by atoms with Crippen LogP contribution in [0, 0.1) is 11.8 Å². The summed E-state index contributed by atoms with van der Waals surface area (Å²) in [4.78, 5) is 32.4. The quantitative estimate of drug-likeness (QED) is 0.459. The van der Waals surface area contributed by atoms with Crippen molar-refractivity contribution in [2.45, 2.75) is 26.7 Å². The summed E-state index contributed by atoms with van der Waals surface area (Å²) >= 11 is 0. The highest BCUT2D eigenvalue weighted by Crippen LogP contribution is 2.14. The third-order valence-corrected chi connectivity index (χ3v) is 2.45. The number of primary amides is 1. The fourth-order valence-corrected chi connectivity index (χ4v) is 1.77. The third kappa shape index (κ3) is 11.1. The van der Waals surface area contributed by atoms with Crippen LogP contribution in [-0.2, 0) is 9.53 Å². The second-order valence-corrected chi connectivity index (χ2v) is 4.90. The molecule has 0 fully saturated rings. The minimum Gasteiger partial charge on any atom is -0.481 e. The lowest BCUT2D eigenvalue weighted by Crippen LogP contribution is -2.40. The maximum Gasteiger partial charge on any atom is 0.404 e. The van der Waals surface area contributed by atoms with E-state index in [9.17, 15) is 14.4 Å². The van der Waals surface area contributed by atoms with Crippen LogP contribution in [-0.4, -0.2) is 42.9 Å². The van der Waals surface area contributed by atoms with Gasteiger partial charge in [-0.3, -0.25) is 4.79 Å². The number of carboxylic acid groups (broad SMARTS) is 1. The Morgan fingerprint density at radius 2 is 1.90 bits per heavy atom. The summed E-state index contributed by atoms with van der Waals surface area (Å²) in [5, 5.41) is 13.9. The molecule has 5 N–H and O–H groups in total. The molecule has 0 aliphatic rings. The van der Waals surface area contributed by atoms with E-state index >= 15 is 0 Å². The zero-order valence-corrected chi connectivity index (χ0v) is 11.8. The molecule has 0 bridgehead atoms.